The van der Waals surface area contributed by atoms with E-state index in [9.17, 15) is 14.7 Å². The van der Waals surface area contributed by atoms with Crippen LogP contribution in [0.1, 0.15) is 72.5 Å². The number of rotatable bonds is 6. The standard InChI is InChI=1S/C25H29NO5/c1-3-31-21-15-16(13-14-20(21)30-2)23-22(25(28)29)18-11-7-8-12-19(18)24(27)26(23)17-9-5-4-6-10-17/h7-8,11-15,17,22-23H,3-6,9-10H2,1-2H3,(H,28,29)/t22-,23-/m1/s1. The Morgan fingerprint density at radius 3 is 2.52 bits per heavy atom. The number of aliphatic carboxylic acids is 1. The third-order valence-corrected chi connectivity index (χ3v) is 6.44. The summed E-state index contributed by atoms with van der Waals surface area (Å²) in [5.41, 5.74) is 1.83. The molecule has 2 aromatic rings. The normalized spacial score (nSPS) is 21.5. The number of ether oxygens (including phenoxy) is 2. The highest BCUT2D eigenvalue weighted by molar-refractivity contribution is 6.00. The number of methoxy groups -OCH3 is 1. The van der Waals surface area contributed by atoms with Crippen LogP contribution in [0.25, 0.3) is 0 Å². The van der Waals surface area contributed by atoms with Gasteiger partial charge in [0.1, 0.15) is 5.92 Å². The second-order valence-corrected chi connectivity index (χ2v) is 8.20. The summed E-state index contributed by atoms with van der Waals surface area (Å²) in [7, 11) is 1.58. The molecule has 4 rings (SSSR count). The van der Waals surface area contributed by atoms with Gasteiger partial charge in [0, 0.05) is 11.6 Å². The summed E-state index contributed by atoms with van der Waals surface area (Å²) >= 11 is 0. The number of hydrogen-bond acceptors (Lipinski definition) is 4. The van der Waals surface area contributed by atoms with Crippen LogP contribution in [0.3, 0.4) is 0 Å². The number of amides is 1. The molecule has 1 heterocycles. The Morgan fingerprint density at radius 1 is 1.10 bits per heavy atom. The van der Waals surface area contributed by atoms with Crippen molar-refractivity contribution in [3.05, 3.63) is 59.2 Å². The van der Waals surface area contributed by atoms with Gasteiger partial charge in [-0.15, -0.1) is 0 Å². The van der Waals surface area contributed by atoms with E-state index >= 15 is 0 Å². The molecule has 0 bridgehead atoms. The zero-order chi connectivity index (χ0) is 22.0. The number of carboxylic acids is 1. The lowest BCUT2D eigenvalue weighted by Crippen LogP contribution is -2.50. The van der Waals surface area contributed by atoms with Crippen molar-refractivity contribution in [2.75, 3.05) is 13.7 Å². The van der Waals surface area contributed by atoms with Crippen molar-refractivity contribution in [2.45, 2.75) is 57.0 Å². The molecule has 0 saturated heterocycles. The zero-order valence-corrected chi connectivity index (χ0v) is 18.0. The molecule has 2 aliphatic rings. The summed E-state index contributed by atoms with van der Waals surface area (Å²) in [6.07, 6.45) is 5.04. The average molecular weight is 424 g/mol. The van der Waals surface area contributed by atoms with Crippen LogP contribution in [0.2, 0.25) is 0 Å². The van der Waals surface area contributed by atoms with Gasteiger partial charge in [0.2, 0.25) is 0 Å². The minimum Gasteiger partial charge on any atom is -0.493 e. The molecule has 1 aliphatic heterocycles. The number of carboxylic acid groups (broad SMARTS) is 1. The Kier molecular flexibility index (Phi) is 6.16. The molecular weight excluding hydrogens is 394 g/mol. The van der Waals surface area contributed by atoms with E-state index < -0.39 is 17.9 Å². The van der Waals surface area contributed by atoms with E-state index in [-0.39, 0.29) is 11.9 Å². The van der Waals surface area contributed by atoms with Crippen molar-refractivity contribution in [3.8, 4) is 11.5 Å². The Bertz CT molecular complexity index is 966. The fourth-order valence-corrected chi connectivity index (χ4v) is 5.08. The molecule has 0 unspecified atom stereocenters. The second-order valence-electron chi connectivity index (χ2n) is 8.20. The Labute approximate surface area is 182 Å². The third-order valence-electron chi connectivity index (χ3n) is 6.44. The summed E-state index contributed by atoms with van der Waals surface area (Å²) in [4.78, 5) is 28.1. The molecule has 1 aliphatic carbocycles. The lowest BCUT2D eigenvalue weighted by Gasteiger charge is -2.46. The molecule has 1 fully saturated rings. The van der Waals surface area contributed by atoms with Crippen LogP contribution in [0.5, 0.6) is 11.5 Å². The van der Waals surface area contributed by atoms with Crippen LogP contribution in [0.4, 0.5) is 0 Å². The van der Waals surface area contributed by atoms with Gasteiger partial charge in [-0.05, 0) is 49.1 Å². The first-order chi connectivity index (χ1) is 15.1. The van der Waals surface area contributed by atoms with Crippen molar-refractivity contribution >= 4 is 11.9 Å². The lowest BCUT2D eigenvalue weighted by molar-refractivity contribution is -0.141. The molecule has 164 valence electrons. The van der Waals surface area contributed by atoms with E-state index in [2.05, 4.69) is 0 Å². The van der Waals surface area contributed by atoms with Gasteiger partial charge in [-0.1, -0.05) is 43.5 Å². The van der Waals surface area contributed by atoms with E-state index in [4.69, 9.17) is 9.47 Å². The molecule has 6 nitrogen and oxygen atoms in total. The highest BCUT2D eigenvalue weighted by Crippen LogP contribution is 2.47. The van der Waals surface area contributed by atoms with Crippen LogP contribution in [-0.4, -0.2) is 41.6 Å². The summed E-state index contributed by atoms with van der Waals surface area (Å²) in [5, 5.41) is 10.3. The van der Waals surface area contributed by atoms with Gasteiger partial charge >= 0.3 is 5.97 Å². The number of carbonyl (C=O) groups excluding carboxylic acids is 1. The van der Waals surface area contributed by atoms with Gasteiger partial charge in [0.15, 0.2) is 11.5 Å². The van der Waals surface area contributed by atoms with E-state index in [0.29, 0.717) is 29.2 Å². The summed E-state index contributed by atoms with van der Waals surface area (Å²) in [6.45, 7) is 2.35. The maximum atomic E-state index is 13.7. The molecule has 1 saturated carbocycles. The first kappa shape index (κ1) is 21.2. The van der Waals surface area contributed by atoms with Gasteiger partial charge in [-0.25, -0.2) is 0 Å². The van der Waals surface area contributed by atoms with Gasteiger partial charge in [0.25, 0.3) is 5.91 Å². The summed E-state index contributed by atoms with van der Waals surface area (Å²) < 4.78 is 11.2. The molecule has 1 amide bonds. The molecule has 0 aromatic heterocycles. The van der Waals surface area contributed by atoms with Gasteiger partial charge in [-0.2, -0.15) is 0 Å². The first-order valence-corrected chi connectivity index (χ1v) is 11.0. The molecule has 31 heavy (non-hydrogen) atoms. The number of fused-ring (bicyclic) bond motifs is 1. The summed E-state index contributed by atoms with van der Waals surface area (Å²) in [6, 6.07) is 12.0. The van der Waals surface area contributed by atoms with Crippen molar-refractivity contribution in [1.82, 2.24) is 4.90 Å². The van der Waals surface area contributed by atoms with Gasteiger partial charge < -0.3 is 19.5 Å². The Hall–Kier alpha value is -3.02. The third kappa shape index (κ3) is 3.87. The smallest absolute Gasteiger partial charge is 0.313 e. The molecule has 2 aromatic carbocycles. The fourth-order valence-electron chi connectivity index (χ4n) is 5.08. The van der Waals surface area contributed by atoms with Crippen LogP contribution in [-0.2, 0) is 4.79 Å². The van der Waals surface area contributed by atoms with Gasteiger partial charge in [-0.3, -0.25) is 9.59 Å². The number of nitrogens with zero attached hydrogens (tertiary/aromatic N) is 1. The molecule has 6 heteroatoms. The van der Waals surface area contributed by atoms with Crippen molar-refractivity contribution in [1.29, 1.82) is 0 Å². The zero-order valence-electron chi connectivity index (χ0n) is 18.0. The SMILES string of the molecule is CCOc1cc([C@@H]2[C@H](C(=O)O)c3ccccc3C(=O)N2C2CCCCC2)ccc1OC. The first-order valence-electron chi connectivity index (χ1n) is 11.0. The van der Waals surface area contributed by atoms with E-state index in [1.807, 2.05) is 24.0 Å². The second kappa shape index (κ2) is 9.00. The maximum Gasteiger partial charge on any atom is 0.313 e. The minimum absolute atomic E-state index is 0.0269. The van der Waals surface area contributed by atoms with Crippen molar-refractivity contribution in [3.63, 3.8) is 0 Å². The molecule has 2 atom stereocenters. The molecular formula is C25H29NO5. The lowest BCUT2D eigenvalue weighted by atomic mass is 9.77. The number of hydrogen-bond donors (Lipinski definition) is 1. The van der Waals surface area contributed by atoms with Crippen molar-refractivity contribution < 1.29 is 24.2 Å². The number of carbonyl (C=O) groups is 2. The Morgan fingerprint density at radius 2 is 1.84 bits per heavy atom. The van der Waals surface area contributed by atoms with E-state index in [0.717, 1.165) is 37.7 Å². The van der Waals surface area contributed by atoms with Crippen molar-refractivity contribution in [2.24, 2.45) is 0 Å². The monoisotopic (exact) mass is 423 g/mol. The Balaban J connectivity index is 1.89. The molecule has 0 spiro atoms. The van der Waals surface area contributed by atoms with E-state index in [1.54, 1.807) is 37.4 Å². The highest BCUT2D eigenvalue weighted by Gasteiger charge is 2.47. The maximum absolute atomic E-state index is 13.7. The predicted octanol–water partition coefficient (Wildman–Crippen LogP) is 4.79. The molecule has 0 radical (unpaired) electrons. The predicted molar refractivity (Wildman–Crippen MR) is 117 cm³/mol. The topological polar surface area (TPSA) is 76.1 Å². The number of benzene rings is 2. The summed E-state index contributed by atoms with van der Waals surface area (Å²) in [5.74, 6) is -0.720. The van der Waals surface area contributed by atoms with Crippen LogP contribution >= 0.6 is 0 Å². The average Bonchev–Trinajstić information content (AvgIpc) is 2.79. The quantitative estimate of drug-likeness (QED) is 0.723. The highest BCUT2D eigenvalue weighted by atomic mass is 16.5. The minimum atomic E-state index is -0.931. The fraction of sp³-hybridized carbons (Fsp3) is 0.440. The van der Waals surface area contributed by atoms with Crippen LogP contribution in [0, 0.1) is 0 Å². The van der Waals surface area contributed by atoms with Crippen LogP contribution in [0.15, 0.2) is 42.5 Å². The van der Waals surface area contributed by atoms with Crippen LogP contribution < -0.4 is 9.47 Å². The molecule has 1 N–H and O–H groups in total. The van der Waals surface area contributed by atoms with Gasteiger partial charge in [0.05, 0.1) is 19.8 Å². The largest absolute Gasteiger partial charge is 0.493 e. The van der Waals surface area contributed by atoms with E-state index in [1.165, 1.54) is 0 Å².